The molecular weight excluding hydrogens is 399 g/mol. The van der Waals surface area contributed by atoms with Gasteiger partial charge in [0.1, 0.15) is 5.82 Å². The van der Waals surface area contributed by atoms with E-state index in [2.05, 4.69) is 22.5 Å². The van der Waals surface area contributed by atoms with Crippen LogP contribution >= 0.6 is 0 Å². The molecule has 7 nitrogen and oxygen atoms in total. The normalized spacial score (nSPS) is 19.9. The van der Waals surface area contributed by atoms with E-state index in [0.29, 0.717) is 25.9 Å². The topological polar surface area (TPSA) is 67.4 Å². The predicted octanol–water partition coefficient (Wildman–Crippen LogP) is 2.34. The minimum Gasteiger partial charge on any atom is -0.381 e. The highest BCUT2D eigenvalue weighted by Gasteiger charge is 2.22. The number of guanidine groups is 1. The molecule has 2 fully saturated rings. The molecule has 3 rings (SSSR count). The molecule has 0 aliphatic carbocycles. The monoisotopic (exact) mass is 436 g/mol. The zero-order chi connectivity index (χ0) is 21.7. The van der Waals surface area contributed by atoms with E-state index in [-0.39, 0.29) is 11.9 Å². The second kappa shape index (κ2) is 13.6. The lowest BCUT2D eigenvalue weighted by Gasteiger charge is -2.34. The van der Waals surface area contributed by atoms with Crippen molar-refractivity contribution in [3.8, 4) is 0 Å². The lowest BCUT2D eigenvalue weighted by molar-refractivity contribution is -0.0320. The summed E-state index contributed by atoms with van der Waals surface area (Å²) in [5.41, 5.74) is 1.08. The number of morpholine rings is 1. The minimum atomic E-state index is -0.217. The zero-order valence-electron chi connectivity index (χ0n) is 18.7. The van der Waals surface area contributed by atoms with Crippen LogP contribution in [-0.4, -0.2) is 82.7 Å². The molecule has 31 heavy (non-hydrogen) atoms. The van der Waals surface area contributed by atoms with Gasteiger partial charge in [-0.2, -0.15) is 0 Å². The first kappa shape index (κ1) is 23.9. The van der Waals surface area contributed by atoms with E-state index in [1.807, 2.05) is 12.1 Å². The summed E-state index contributed by atoms with van der Waals surface area (Å²) >= 11 is 0. The lowest BCUT2D eigenvalue weighted by atomic mass is 10.0. The third kappa shape index (κ3) is 8.37. The molecule has 0 aromatic heterocycles. The molecule has 1 aromatic carbocycles. The fraction of sp³-hybridized carbons (Fsp3) is 0.696. The van der Waals surface area contributed by atoms with Crippen molar-refractivity contribution >= 4 is 5.96 Å². The average Bonchev–Trinajstić information content (AvgIpc) is 2.81. The van der Waals surface area contributed by atoms with Gasteiger partial charge in [0.15, 0.2) is 5.96 Å². The first-order valence-electron chi connectivity index (χ1n) is 11.5. The molecule has 0 amide bonds. The molecule has 8 heteroatoms. The van der Waals surface area contributed by atoms with Gasteiger partial charge in [0.05, 0.1) is 31.9 Å². The van der Waals surface area contributed by atoms with E-state index in [0.717, 1.165) is 76.8 Å². The molecule has 174 valence electrons. The van der Waals surface area contributed by atoms with Gasteiger partial charge in [0.25, 0.3) is 0 Å². The van der Waals surface area contributed by atoms with Crippen LogP contribution in [0.5, 0.6) is 0 Å². The first-order chi connectivity index (χ1) is 15.3. The van der Waals surface area contributed by atoms with E-state index in [9.17, 15) is 4.39 Å². The van der Waals surface area contributed by atoms with Crippen molar-refractivity contribution in [1.82, 2.24) is 15.5 Å². The van der Waals surface area contributed by atoms with Gasteiger partial charge in [-0.25, -0.2) is 4.39 Å². The Hall–Kier alpha value is -1.74. The standard InChI is InChI=1S/C23H37FN4O3/c1-2-25-23(26-10-3-13-31-21-8-14-29-15-9-21)27-18-22(28-11-16-30-17-12-28)19-4-6-20(24)7-5-19/h4-7,21-22H,2-3,8-18H2,1H3,(H2,25,26,27). The molecule has 2 aliphatic rings. The van der Waals surface area contributed by atoms with Crippen LogP contribution in [0.3, 0.4) is 0 Å². The molecule has 0 radical (unpaired) electrons. The number of hydrogen-bond acceptors (Lipinski definition) is 5. The average molecular weight is 437 g/mol. The summed E-state index contributed by atoms with van der Waals surface area (Å²) in [6.07, 6.45) is 3.24. The molecule has 2 N–H and O–H groups in total. The predicted molar refractivity (Wildman–Crippen MR) is 120 cm³/mol. The summed E-state index contributed by atoms with van der Waals surface area (Å²) in [4.78, 5) is 7.20. The highest BCUT2D eigenvalue weighted by Crippen LogP contribution is 2.22. The Bertz CT molecular complexity index is 647. The number of halogens is 1. The number of aliphatic imine (C=N–C) groups is 1. The first-order valence-corrected chi connectivity index (χ1v) is 11.5. The van der Waals surface area contributed by atoms with Crippen LogP contribution in [-0.2, 0) is 14.2 Å². The van der Waals surface area contributed by atoms with Crippen molar-refractivity contribution in [3.05, 3.63) is 35.6 Å². The van der Waals surface area contributed by atoms with E-state index in [1.165, 1.54) is 12.1 Å². The summed E-state index contributed by atoms with van der Waals surface area (Å²) in [5, 5.41) is 6.73. The van der Waals surface area contributed by atoms with Gasteiger partial charge < -0.3 is 24.8 Å². The van der Waals surface area contributed by atoms with Crippen LogP contribution < -0.4 is 10.6 Å². The number of benzene rings is 1. The molecule has 1 unspecified atom stereocenters. The molecule has 1 atom stereocenters. The number of rotatable bonds is 10. The second-order valence-electron chi connectivity index (χ2n) is 7.90. The maximum atomic E-state index is 13.4. The van der Waals surface area contributed by atoms with Crippen LogP contribution in [0.4, 0.5) is 4.39 Å². The Balaban J connectivity index is 1.51. The fourth-order valence-corrected chi connectivity index (χ4v) is 3.90. The third-order valence-corrected chi connectivity index (χ3v) is 5.64. The maximum absolute atomic E-state index is 13.4. The van der Waals surface area contributed by atoms with E-state index < -0.39 is 0 Å². The Labute approximate surface area is 185 Å². The molecule has 0 saturated carbocycles. The maximum Gasteiger partial charge on any atom is 0.191 e. The number of hydrogen-bond donors (Lipinski definition) is 2. The Kier molecular flexibility index (Phi) is 10.5. The van der Waals surface area contributed by atoms with Crippen molar-refractivity contribution in [2.75, 3.05) is 65.8 Å². The highest BCUT2D eigenvalue weighted by molar-refractivity contribution is 5.79. The van der Waals surface area contributed by atoms with Gasteiger partial charge in [0, 0.05) is 46.0 Å². The largest absolute Gasteiger partial charge is 0.381 e. The Morgan fingerprint density at radius 2 is 1.84 bits per heavy atom. The molecule has 2 saturated heterocycles. The van der Waals surface area contributed by atoms with Gasteiger partial charge in [-0.15, -0.1) is 0 Å². The minimum absolute atomic E-state index is 0.0943. The lowest BCUT2D eigenvalue weighted by Crippen LogP contribution is -2.42. The van der Waals surface area contributed by atoms with Crippen molar-refractivity contribution in [3.63, 3.8) is 0 Å². The smallest absolute Gasteiger partial charge is 0.191 e. The second-order valence-corrected chi connectivity index (χ2v) is 7.90. The van der Waals surface area contributed by atoms with Crippen LogP contribution in [0.2, 0.25) is 0 Å². The van der Waals surface area contributed by atoms with Crippen LogP contribution in [0.15, 0.2) is 29.3 Å². The molecule has 1 aromatic rings. The summed E-state index contributed by atoms with van der Waals surface area (Å²) in [5.74, 6) is 0.583. The van der Waals surface area contributed by atoms with Gasteiger partial charge in [0.2, 0.25) is 0 Å². The van der Waals surface area contributed by atoms with Gasteiger partial charge >= 0.3 is 0 Å². The molecule has 2 heterocycles. The van der Waals surface area contributed by atoms with Gasteiger partial charge in [-0.05, 0) is 43.9 Å². The zero-order valence-corrected chi connectivity index (χ0v) is 18.7. The van der Waals surface area contributed by atoms with E-state index in [1.54, 1.807) is 0 Å². The van der Waals surface area contributed by atoms with Crippen molar-refractivity contribution in [2.24, 2.45) is 4.99 Å². The number of ether oxygens (including phenoxy) is 3. The van der Waals surface area contributed by atoms with Crippen LogP contribution in [0, 0.1) is 5.82 Å². The summed E-state index contributed by atoms with van der Waals surface area (Å²) < 4.78 is 30.2. The van der Waals surface area contributed by atoms with Crippen molar-refractivity contribution < 1.29 is 18.6 Å². The number of nitrogens with zero attached hydrogens (tertiary/aromatic N) is 2. The summed E-state index contributed by atoms with van der Waals surface area (Å²) in [7, 11) is 0. The summed E-state index contributed by atoms with van der Waals surface area (Å²) in [6, 6.07) is 6.86. The highest BCUT2D eigenvalue weighted by atomic mass is 19.1. The molecule has 2 aliphatic heterocycles. The SMILES string of the molecule is CCNC(=NCC(c1ccc(F)cc1)N1CCOCC1)NCCCOC1CCOCC1. The quantitative estimate of drug-likeness (QED) is 0.333. The molecule has 0 bridgehead atoms. The third-order valence-electron chi connectivity index (χ3n) is 5.64. The van der Waals surface area contributed by atoms with E-state index >= 15 is 0 Å². The van der Waals surface area contributed by atoms with Crippen LogP contribution in [0.1, 0.15) is 37.8 Å². The van der Waals surface area contributed by atoms with Gasteiger partial charge in [-0.1, -0.05) is 12.1 Å². The Morgan fingerprint density at radius 1 is 1.13 bits per heavy atom. The number of nitrogens with one attached hydrogen (secondary N) is 2. The fourth-order valence-electron chi connectivity index (χ4n) is 3.90. The Morgan fingerprint density at radius 3 is 2.55 bits per heavy atom. The summed E-state index contributed by atoms with van der Waals surface area (Å²) in [6.45, 7) is 9.73. The van der Waals surface area contributed by atoms with Gasteiger partial charge in [-0.3, -0.25) is 9.89 Å². The van der Waals surface area contributed by atoms with E-state index in [4.69, 9.17) is 19.2 Å². The molecule has 0 spiro atoms. The molecular formula is C23H37FN4O3. The van der Waals surface area contributed by atoms with Crippen molar-refractivity contribution in [1.29, 1.82) is 0 Å². The van der Waals surface area contributed by atoms with Crippen LogP contribution in [0.25, 0.3) is 0 Å². The van der Waals surface area contributed by atoms with Crippen molar-refractivity contribution in [2.45, 2.75) is 38.3 Å².